The third kappa shape index (κ3) is 6.40. The van der Waals surface area contributed by atoms with Crippen molar-refractivity contribution < 1.29 is 4.74 Å². The van der Waals surface area contributed by atoms with Gasteiger partial charge in [0.2, 0.25) is 0 Å². The van der Waals surface area contributed by atoms with Crippen LogP contribution in [0.4, 0.5) is 11.4 Å². The number of methoxy groups -OCH3 is 1. The molecule has 2 heterocycles. The molecule has 0 spiro atoms. The van der Waals surface area contributed by atoms with Crippen LogP contribution in [0.3, 0.4) is 0 Å². The maximum atomic E-state index is 5.51. The van der Waals surface area contributed by atoms with Gasteiger partial charge in [-0.05, 0) is 73.0 Å². The number of hydrogen-bond acceptors (Lipinski definition) is 5. The van der Waals surface area contributed by atoms with E-state index in [1.54, 1.807) is 7.11 Å². The highest BCUT2D eigenvalue weighted by Gasteiger charge is 2.17. The summed E-state index contributed by atoms with van der Waals surface area (Å²) in [4.78, 5) is 10.0. The minimum atomic E-state index is 0.836. The van der Waals surface area contributed by atoms with Gasteiger partial charge in [-0.15, -0.1) is 0 Å². The normalized spacial score (nSPS) is 16.9. The quantitative estimate of drug-likeness (QED) is 0.413. The van der Waals surface area contributed by atoms with Crippen molar-refractivity contribution in [3.8, 4) is 5.75 Å². The van der Waals surface area contributed by atoms with Gasteiger partial charge in [-0.25, -0.2) is 0 Å². The Balaban J connectivity index is 1.38. The van der Waals surface area contributed by atoms with Gasteiger partial charge in [0.15, 0.2) is 0 Å². The number of piperazine rings is 1. The van der Waals surface area contributed by atoms with Crippen molar-refractivity contribution in [2.45, 2.75) is 32.5 Å². The van der Waals surface area contributed by atoms with E-state index in [0.717, 1.165) is 51.6 Å². The summed E-state index contributed by atoms with van der Waals surface area (Å²) < 4.78 is 5.51. The first-order valence-electron chi connectivity index (χ1n) is 13.4. The zero-order chi connectivity index (χ0) is 24.7. The van der Waals surface area contributed by atoms with Crippen molar-refractivity contribution in [3.63, 3.8) is 0 Å². The van der Waals surface area contributed by atoms with Crippen LogP contribution in [0.2, 0.25) is 0 Å². The molecule has 0 saturated carbocycles. The van der Waals surface area contributed by atoms with E-state index < -0.39 is 0 Å². The van der Waals surface area contributed by atoms with E-state index >= 15 is 0 Å². The zero-order valence-electron chi connectivity index (χ0n) is 21.9. The topological polar surface area (TPSA) is 22.2 Å². The van der Waals surface area contributed by atoms with E-state index in [0.29, 0.717) is 0 Å². The third-order valence-electron chi connectivity index (χ3n) is 7.54. The van der Waals surface area contributed by atoms with Gasteiger partial charge in [0.25, 0.3) is 0 Å². The van der Waals surface area contributed by atoms with Crippen LogP contribution in [-0.4, -0.2) is 63.2 Å². The number of rotatable bonds is 9. The fourth-order valence-electron chi connectivity index (χ4n) is 5.39. The van der Waals surface area contributed by atoms with Gasteiger partial charge in [0.1, 0.15) is 5.75 Å². The lowest BCUT2D eigenvalue weighted by atomic mass is 10.1. The Morgan fingerprint density at radius 1 is 0.722 bits per heavy atom. The lowest BCUT2D eigenvalue weighted by Gasteiger charge is -2.32. The summed E-state index contributed by atoms with van der Waals surface area (Å²) in [6.45, 7) is 9.63. The predicted octanol–water partition coefficient (Wildman–Crippen LogP) is 5.25. The molecule has 0 aromatic heterocycles. The van der Waals surface area contributed by atoms with Crippen molar-refractivity contribution in [2.75, 3.05) is 63.2 Å². The van der Waals surface area contributed by atoms with Gasteiger partial charge in [0, 0.05) is 70.3 Å². The number of nitrogens with zero attached hydrogens (tertiary/aromatic N) is 4. The second-order valence-corrected chi connectivity index (χ2v) is 10.3. The van der Waals surface area contributed by atoms with Crippen LogP contribution in [0.5, 0.6) is 5.75 Å². The molecule has 0 atom stereocenters. The van der Waals surface area contributed by atoms with Crippen LogP contribution in [0.1, 0.15) is 29.5 Å². The summed E-state index contributed by atoms with van der Waals surface area (Å²) in [6.07, 6.45) is 2.60. The molecule has 3 aromatic rings. The summed E-state index contributed by atoms with van der Waals surface area (Å²) in [5.41, 5.74) is 6.63. The molecule has 190 valence electrons. The van der Waals surface area contributed by atoms with E-state index in [-0.39, 0.29) is 0 Å². The van der Waals surface area contributed by atoms with Crippen molar-refractivity contribution in [2.24, 2.45) is 0 Å². The lowest BCUT2D eigenvalue weighted by Crippen LogP contribution is -2.43. The fraction of sp³-hybridized carbons (Fsp3) is 0.419. The van der Waals surface area contributed by atoms with E-state index in [4.69, 9.17) is 4.74 Å². The molecule has 5 heteroatoms. The summed E-state index contributed by atoms with van der Waals surface area (Å²) in [7, 11) is 3.95. The summed E-state index contributed by atoms with van der Waals surface area (Å²) in [5, 5.41) is 0. The van der Waals surface area contributed by atoms with Crippen molar-refractivity contribution >= 4 is 11.4 Å². The molecule has 3 aromatic carbocycles. The van der Waals surface area contributed by atoms with Gasteiger partial charge < -0.3 is 19.4 Å². The third-order valence-corrected chi connectivity index (χ3v) is 7.54. The van der Waals surface area contributed by atoms with Gasteiger partial charge >= 0.3 is 0 Å². The van der Waals surface area contributed by atoms with Crippen LogP contribution in [0.25, 0.3) is 0 Å². The number of likely N-dealkylation sites (N-methyl/N-ethyl adjacent to an activating group) is 1. The van der Waals surface area contributed by atoms with Gasteiger partial charge in [-0.2, -0.15) is 0 Å². The Kier molecular flexibility index (Phi) is 8.09. The minimum Gasteiger partial charge on any atom is -0.497 e. The van der Waals surface area contributed by atoms with Crippen LogP contribution in [0, 0.1) is 0 Å². The zero-order valence-corrected chi connectivity index (χ0v) is 21.9. The molecule has 2 aliphatic heterocycles. The fourth-order valence-corrected chi connectivity index (χ4v) is 5.39. The van der Waals surface area contributed by atoms with Crippen molar-refractivity contribution in [1.29, 1.82) is 0 Å². The summed E-state index contributed by atoms with van der Waals surface area (Å²) >= 11 is 0. The highest BCUT2D eigenvalue weighted by atomic mass is 16.5. The van der Waals surface area contributed by atoms with E-state index in [2.05, 4.69) is 93.4 Å². The number of hydrogen-bond donors (Lipinski definition) is 0. The maximum Gasteiger partial charge on any atom is 0.119 e. The van der Waals surface area contributed by atoms with E-state index in [9.17, 15) is 0 Å². The molecule has 0 unspecified atom stereocenters. The van der Waals surface area contributed by atoms with E-state index in [1.807, 2.05) is 6.07 Å². The second-order valence-electron chi connectivity index (χ2n) is 10.3. The predicted molar refractivity (Wildman–Crippen MR) is 150 cm³/mol. The van der Waals surface area contributed by atoms with Crippen LogP contribution in [0.15, 0.2) is 72.8 Å². The molecule has 2 saturated heterocycles. The maximum absolute atomic E-state index is 5.51. The number of benzene rings is 3. The van der Waals surface area contributed by atoms with Crippen LogP contribution >= 0.6 is 0 Å². The highest BCUT2D eigenvalue weighted by Crippen LogP contribution is 2.26. The molecule has 0 aliphatic carbocycles. The summed E-state index contributed by atoms with van der Waals surface area (Å²) in [5.74, 6) is 0.910. The molecule has 0 N–H and O–H groups in total. The average molecular weight is 485 g/mol. The van der Waals surface area contributed by atoms with Crippen LogP contribution < -0.4 is 14.5 Å². The second kappa shape index (κ2) is 11.8. The lowest BCUT2D eigenvalue weighted by molar-refractivity contribution is 0.148. The van der Waals surface area contributed by atoms with Crippen LogP contribution in [-0.2, 0) is 19.6 Å². The monoisotopic (exact) mass is 484 g/mol. The molecule has 0 amide bonds. The molecule has 36 heavy (non-hydrogen) atoms. The van der Waals surface area contributed by atoms with Gasteiger partial charge in [0.05, 0.1) is 7.11 Å². The molecule has 2 aliphatic rings. The number of ether oxygens (including phenoxy) is 1. The molecule has 0 bridgehead atoms. The molecule has 2 fully saturated rings. The Labute approximate surface area is 216 Å². The van der Waals surface area contributed by atoms with Gasteiger partial charge in [-0.3, -0.25) is 4.90 Å². The molecule has 5 nitrogen and oxygen atoms in total. The first-order valence-corrected chi connectivity index (χ1v) is 13.4. The Bertz CT molecular complexity index is 1120. The largest absolute Gasteiger partial charge is 0.497 e. The number of anilines is 2. The molecule has 5 rings (SSSR count). The molecule has 0 radical (unpaired) electrons. The molecular weight excluding hydrogens is 444 g/mol. The van der Waals surface area contributed by atoms with Gasteiger partial charge in [-0.1, -0.05) is 36.4 Å². The Morgan fingerprint density at radius 3 is 2.14 bits per heavy atom. The van der Waals surface area contributed by atoms with E-state index in [1.165, 1.54) is 54.0 Å². The standard InChI is InChI=1S/C31H40N4O/c1-32-16-18-33(19-17-32)23-26-8-5-12-30(20-26)35(25-28-10-7-13-31(22-28)36-2)24-27-9-6-11-29(21-27)34-14-3-4-15-34/h5-13,20-22H,3-4,14-19,23-25H2,1-2H3. The first-order chi connectivity index (χ1) is 17.7. The van der Waals surface area contributed by atoms with Crippen molar-refractivity contribution in [3.05, 3.63) is 89.5 Å². The smallest absolute Gasteiger partial charge is 0.119 e. The highest BCUT2D eigenvalue weighted by molar-refractivity contribution is 5.53. The average Bonchev–Trinajstić information content (AvgIpc) is 3.46. The SMILES string of the molecule is COc1cccc(CN(Cc2cccc(N3CCCC3)c2)c2cccc(CN3CCN(C)CC3)c2)c1. The minimum absolute atomic E-state index is 0.836. The molecular formula is C31H40N4O. The van der Waals surface area contributed by atoms with Crippen molar-refractivity contribution in [1.82, 2.24) is 9.80 Å². The Hall–Kier alpha value is -3.02. The first kappa shape index (κ1) is 24.7. The Morgan fingerprint density at radius 2 is 1.39 bits per heavy atom. The summed E-state index contributed by atoms with van der Waals surface area (Å²) in [6, 6.07) is 26.7.